The van der Waals surface area contributed by atoms with E-state index in [0.717, 1.165) is 10.8 Å². The molecule has 4 aromatic rings. The van der Waals surface area contributed by atoms with Gasteiger partial charge in [-0.2, -0.15) is 0 Å². The fourth-order valence-corrected chi connectivity index (χ4v) is 5.24. The lowest BCUT2D eigenvalue weighted by Gasteiger charge is -2.38. The maximum absolute atomic E-state index is 13.8. The summed E-state index contributed by atoms with van der Waals surface area (Å²) in [5, 5.41) is 20.3. The van der Waals surface area contributed by atoms with E-state index in [1.165, 1.54) is 29.2 Å². The normalized spacial score (nSPS) is 16.9. The van der Waals surface area contributed by atoms with Gasteiger partial charge in [-0.3, -0.25) is 4.79 Å². The highest BCUT2D eigenvalue weighted by atomic mass is 19.1. The molecule has 0 fully saturated rings. The zero-order valence-electron chi connectivity index (χ0n) is 25.3. The van der Waals surface area contributed by atoms with Crippen LogP contribution in [-0.2, 0) is 0 Å². The number of urea groups is 2. The molecule has 0 bridgehead atoms. The molecule has 0 unspecified atom stereocenters. The van der Waals surface area contributed by atoms with E-state index in [9.17, 15) is 23.9 Å². The molecule has 4 aromatic carbocycles. The number of nitrogens with zero attached hydrogens (tertiary/aromatic N) is 2. The van der Waals surface area contributed by atoms with E-state index in [-0.39, 0.29) is 37.1 Å². The summed E-state index contributed by atoms with van der Waals surface area (Å²) < 4.78 is 19.7. The van der Waals surface area contributed by atoms with Gasteiger partial charge in [-0.05, 0) is 60.8 Å². The number of hydrogen-bond acceptors (Lipinski definition) is 5. The summed E-state index contributed by atoms with van der Waals surface area (Å²) in [6.07, 6.45) is -0.525. The van der Waals surface area contributed by atoms with Gasteiger partial charge in [0.2, 0.25) is 0 Å². The lowest BCUT2D eigenvalue weighted by atomic mass is 9.99. The van der Waals surface area contributed by atoms with Gasteiger partial charge in [0.15, 0.2) is 0 Å². The summed E-state index contributed by atoms with van der Waals surface area (Å²) >= 11 is 0. The molecule has 1 aliphatic rings. The molecule has 0 spiro atoms. The fourth-order valence-electron chi connectivity index (χ4n) is 5.24. The highest BCUT2D eigenvalue weighted by Crippen LogP contribution is 2.31. The first kappa shape index (κ1) is 31.3. The van der Waals surface area contributed by atoms with Crippen LogP contribution in [0, 0.1) is 11.7 Å². The number of halogens is 1. The molecule has 11 heteroatoms. The van der Waals surface area contributed by atoms with Crippen molar-refractivity contribution in [2.75, 3.05) is 42.7 Å². The quantitative estimate of drug-likeness (QED) is 0.203. The van der Waals surface area contributed by atoms with Crippen molar-refractivity contribution in [2.45, 2.75) is 26.0 Å². The number of aliphatic hydroxyl groups is 1. The third-order valence-corrected chi connectivity index (χ3v) is 7.86. The third kappa shape index (κ3) is 7.32. The van der Waals surface area contributed by atoms with Crippen molar-refractivity contribution in [3.05, 3.63) is 96.3 Å². The van der Waals surface area contributed by atoms with Crippen molar-refractivity contribution >= 4 is 45.8 Å². The van der Waals surface area contributed by atoms with E-state index in [1.54, 1.807) is 37.1 Å². The van der Waals surface area contributed by atoms with Crippen LogP contribution in [-0.4, -0.2) is 71.8 Å². The van der Waals surface area contributed by atoms with E-state index in [4.69, 9.17) is 4.74 Å². The number of ether oxygens (including phenoxy) is 1. The molecular weight excluding hydrogens is 577 g/mol. The number of likely N-dealkylation sites (N-methyl/N-ethyl adjacent to an activating group) is 1. The maximum Gasteiger partial charge on any atom is 0.323 e. The van der Waals surface area contributed by atoms with Crippen LogP contribution in [0.3, 0.4) is 0 Å². The average molecular weight is 614 g/mol. The van der Waals surface area contributed by atoms with Crippen molar-refractivity contribution in [1.82, 2.24) is 9.80 Å². The van der Waals surface area contributed by atoms with Crippen LogP contribution in [0.4, 0.5) is 31.0 Å². The highest BCUT2D eigenvalue weighted by molar-refractivity contribution is 6.07. The monoisotopic (exact) mass is 613 g/mol. The Balaban J connectivity index is 1.36. The molecule has 0 aromatic heterocycles. The Morgan fingerprint density at radius 1 is 1.00 bits per heavy atom. The number of rotatable bonds is 7. The van der Waals surface area contributed by atoms with E-state index in [1.807, 2.05) is 49.4 Å². The summed E-state index contributed by atoms with van der Waals surface area (Å²) in [6.45, 7) is 3.86. The minimum Gasteiger partial charge on any atom is -0.487 e. The molecule has 5 amide bonds. The van der Waals surface area contributed by atoms with E-state index in [0.29, 0.717) is 22.8 Å². The molecule has 1 aliphatic heterocycles. The van der Waals surface area contributed by atoms with Crippen LogP contribution in [0.15, 0.2) is 84.9 Å². The second-order valence-corrected chi connectivity index (χ2v) is 11.3. The summed E-state index contributed by atoms with van der Waals surface area (Å²) in [5.41, 5.74) is 1.68. The first-order chi connectivity index (χ1) is 21.6. The van der Waals surface area contributed by atoms with Crippen molar-refractivity contribution in [3.8, 4) is 5.75 Å². The standard InChI is InChI=1S/C34H36FN5O5/c1-21-18-40(22(2)20-41)32(42)28-17-26(36-33(43)38-29-10-6-8-23-7-4-5-9-27(23)29)15-16-30(28)45-31(21)19-39(3)34(44)37-25-13-11-24(35)12-14-25/h4-17,21-22,31,41H,18-20H2,1-3H3,(H,37,44)(H2,36,38,43)/t21-,22-,31-/m1/s1. The predicted octanol–water partition coefficient (Wildman–Crippen LogP) is 6.01. The number of nitrogens with one attached hydrogen (secondary N) is 3. The Morgan fingerprint density at radius 2 is 1.71 bits per heavy atom. The molecule has 5 rings (SSSR count). The molecule has 234 valence electrons. The van der Waals surface area contributed by atoms with Gasteiger partial charge < -0.3 is 35.6 Å². The Morgan fingerprint density at radius 3 is 2.47 bits per heavy atom. The van der Waals surface area contributed by atoms with Crippen molar-refractivity contribution < 1.29 is 28.6 Å². The number of carbonyl (C=O) groups excluding carboxylic acids is 3. The van der Waals surface area contributed by atoms with Crippen molar-refractivity contribution in [3.63, 3.8) is 0 Å². The van der Waals surface area contributed by atoms with Crippen molar-refractivity contribution in [2.24, 2.45) is 5.92 Å². The summed E-state index contributed by atoms with van der Waals surface area (Å²) in [7, 11) is 1.62. The number of amides is 5. The zero-order chi connectivity index (χ0) is 32.1. The molecule has 10 nitrogen and oxygen atoms in total. The maximum atomic E-state index is 13.8. The Bertz CT molecular complexity index is 1690. The molecular formula is C34H36FN5O5. The number of carbonyl (C=O) groups is 3. The number of hydrogen-bond donors (Lipinski definition) is 4. The van der Waals surface area contributed by atoms with Crippen LogP contribution >= 0.6 is 0 Å². The van der Waals surface area contributed by atoms with E-state index in [2.05, 4.69) is 16.0 Å². The summed E-state index contributed by atoms with van der Waals surface area (Å²) in [6, 6.07) is 22.2. The van der Waals surface area contributed by atoms with Crippen LogP contribution in [0.1, 0.15) is 24.2 Å². The molecule has 0 saturated heterocycles. The largest absolute Gasteiger partial charge is 0.487 e. The van der Waals surface area contributed by atoms with Crippen LogP contribution in [0.2, 0.25) is 0 Å². The number of anilines is 3. The molecule has 0 aliphatic carbocycles. The van der Waals surface area contributed by atoms with Gasteiger partial charge in [0.05, 0.1) is 30.4 Å². The molecule has 0 radical (unpaired) electrons. The van der Waals surface area contributed by atoms with Gasteiger partial charge in [-0.1, -0.05) is 43.3 Å². The van der Waals surface area contributed by atoms with Gasteiger partial charge in [0.25, 0.3) is 5.91 Å². The minimum atomic E-state index is -0.525. The van der Waals surface area contributed by atoms with Gasteiger partial charge in [-0.15, -0.1) is 0 Å². The molecule has 4 N–H and O–H groups in total. The molecule has 1 heterocycles. The molecule has 45 heavy (non-hydrogen) atoms. The summed E-state index contributed by atoms with van der Waals surface area (Å²) in [4.78, 5) is 42.7. The topological polar surface area (TPSA) is 123 Å². The highest BCUT2D eigenvalue weighted by Gasteiger charge is 2.34. The summed E-state index contributed by atoms with van der Waals surface area (Å²) in [5.74, 6) is -0.686. The van der Waals surface area contributed by atoms with Crippen LogP contribution in [0.25, 0.3) is 10.8 Å². The Hall–Kier alpha value is -5.16. The Labute approximate surface area is 260 Å². The van der Waals surface area contributed by atoms with Crippen LogP contribution < -0.4 is 20.7 Å². The van der Waals surface area contributed by atoms with Crippen LogP contribution in [0.5, 0.6) is 5.75 Å². The number of fused-ring (bicyclic) bond motifs is 2. The number of benzene rings is 4. The van der Waals surface area contributed by atoms with Gasteiger partial charge in [0, 0.05) is 36.3 Å². The zero-order valence-corrected chi connectivity index (χ0v) is 25.3. The number of aliphatic hydroxyl groups excluding tert-OH is 1. The SMILES string of the molecule is C[C@@H]1CN([C@H](C)CO)C(=O)c2cc(NC(=O)Nc3cccc4ccccc34)ccc2O[C@@H]1CN(C)C(=O)Nc1ccc(F)cc1. The van der Waals surface area contributed by atoms with Gasteiger partial charge in [0.1, 0.15) is 17.7 Å². The van der Waals surface area contributed by atoms with Crippen molar-refractivity contribution in [1.29, 1.82) is 0 Å². The van der Waals surface area contributed by atoms with E-state index >= 15 is 0 Å². The Kier molecular flexibility index (Phi) is 9.48. The smallest absolute Gasteiger partial charge is 0.323 e. The minimum absolute atomic E-state index is 0.177. The van der Waals surface area contributed by atoms with E-state index < -0.39 is 30.0 Å². The predicted molar refractivity (Wildman–Crippen MR) is 172 cm³/mol. The van der Waals surface area contributed by atoms with Gasteiger partial charge in [-0.25, -0.2) is 14.0 Å². The first-order valence-corrected chi connectivity index (χ1v) is 14.7. The fraction of sp³-hybridized carbons (Fsp3) is 0.265. The van der Waals surface area contributed by atoms with Gasteiger partial charge >= 0.3 is 12.1 Å². The second-order valence-electron chi connectivity index (χ2n) is 11.3. The molecule has 0 saturated carbocycles. The average Bonchev–Trinajstić information content (AvgIpc) is 3.03. The lowest BCUT2D eigenvalue weighted by Crippen LogP contribution is -2.50. The molecule has 3 atom stereocenters. The third-order valence-electron chi connectivity index (χ3n) is 7.86. The lowest BCUT2D eigenvalue weighted by molar-refractivity contribution is 0.0371. The first-order valence-electron chi connectivity index (χ1n) is 14.7. The second kappa shape index (κ2) is 13.6.